The normalized spacial score (nSPS) is 29.8. The number of hydrazone groups is 1. The summed E-state index contributed by atoms with van der Waals surface area (Å²) in [5, 5.41) is 5.76. The van der Waals surface area contributed by atoms with Crippen LogP contribution in [-0.2, 0) is 4.79 Å². The van der Waals surface area contributed by atoms with Crippen LogP contribution in [0.5, 0.6) is 0 Å². The first-order valence-electron chi connectivity index (χ1n) is 4.64. The molecule has 0 aromatic carbocycles. The highest BCUT2D eigenvalue weighted by Crippen LogP contribution is 2.26. The van der Waals surface area contributed by atoms with Crippen molar-refractivity contribution in [1.29, 1.82) is 0 Å². The van der Waals surface area contributed by atoms with Gasteiger partial charge in [-0.1, -0.05) is 12.8 Å². The molecule has 2 aliphatic rings. The molecule has 1 aliphatic carbocycles. The predicted molar refractivity (Wildman–Crippen MR) is 46.8 cm³/mol. The number of carbonyl (C=O) groups excluding carboxylic acids is 1. The van der Waals surface area contributed by atoms with Gasteiger partial charge in [0.15, 0.2) is 0 Å². The van der Waals surface area contributed by atoms with E-state index in [1.165, 1.54) is 24.3 Å². The molecule has 1 saturated carbocycles. The van der Waals surface area contributed by atoms with Crippen LogP contribution in [0, 0.1) is 5.92 Å². The third-order valence-electron chi connectivity index (χ3n) is 2.72. The zero-order valence-corrected chi connectivity index (χ0v) is 7.42. The number of rotatable bonds is 0. The summed E-state index contributed by atoms with van der Waals surface area (Å²) < 4.78 is 0. The van der Waals surface area contributed by atoms with E-state index in [4.69, 9.17) is 0 Å². The number of hydrogen-bond donors (Lipinski definition) is 0. The van der Waals surface area contributed by atoms with Crippen molar-refractivity contribution in [2.75, 3.05) is 7.05 Å². The minimum atomic E-state index is 0.137. The summed E-state index contributed by atoms with van der Waals surface area (Å²) in [4.78, 5) is 11.5. The van der Waals surface area contributed by atoms with Crippen LogP contribution in [0.25, 0.3) is 0 Å². The van der Waals surface area contributed by atoms with Gasteiger partial charge in [0.2, 0.25) is 0 Å². The zero-order chi connectivity index (χ0) is 8.55. The lowest BCUT2D eigenvalue weighted by Gasteiger charge is -2.07. The number of hydrogen-bond acceptors (Lipinski definition) is 2. The van der Waals surface area contributed by atoms with Gasteiger partial charge in [0.1, 0.15) is 0 Å². The number of amides is 1. The quantitative estimate of drug-likeness (QED) is 0.535. The molecule has 2 rings (SSSR count). The van der Waals surface area contributed by atoms with E-state index >= 15 is 0 Å². The van der Waals surface area contributed by atoms with Crippen LogP contribution < -0.4 is 0 Å². The van der Waals surface area contributed by atoms with Crippen LogP contribution in [0.3, 0.4) is 0 Å². The Kier molecular flexibility index (Phi) is 1.87. The molecule has 3 heteroatoms. The largest absolute Gasteiger partial charge is 0.272 e. The van der Waals surface area contributed by atoms with Crippen LogP contribution >= 0.6 is 0 Å². The first-order valence-corrected chi connectivity index (χ1v) is 4.64. The topological polar surface area (TPSA) is 32.7 Å². The molecule has 1 aliphatic heterocycles. The van der Waals surface area contributed by atoms with E-state index in [2.05, 4.69) is 5.10 Å². The average molecular weight is 166 g/mol. The molecule has 66 valence electrons. The van der Waals surface area contributed by atoms with Gasteiger partial charge in [-0.05, 0) is 19.3 Å². The van der Waals surface area contributed by atoms with Crippen LogP contribution in [0.1, 0.15) is 32.1 Å². The molecule has 3 nitrogen and oxygen atoms in total. The fourth-order valence-electron chi connectivity index (χ4n) is 2.03. The maximum Gasteiger partial charge on any atom is 0.251 e. The van der Waals surface area contributed by atoms with Crippen LogP contribution in [-0.4, -0.2) is 23.7 Å². The molecule has 12 heavy (non-hydrogen) atoms. The van der Waals surface area contributed by atoms with Crippen molar-refractivity contribution in [2.45, 2.75) is 32.1 Å². The summed E-state index contributed by atoms with van der Waals surface area (Å²) in [6.07, 6.45) is 5.69. The standard InChI is InChI=1S/C9H14N2O/c1-11-9(12)7-5-3-2-4-6-8(7)10-11/h7H,2-6H2,1H3. The molecule has 0 spiro atoms. The van der Waals surface area contributed by atoms with E-state index in [1.54, 1.807) is 7.05 Å². The maximum atomic E-state index is 11.5. The highest BCUT2D eigenvalue weighted by atomic mass is 16.2. The van der Waals surface area contributed by atoms with Crippen molar-refractivity contribution in [3.63, 3.8) is 0 Å². The molecule has 0 N–H and O–H groups in total. The number of nitrogens with zero attached hydrogens (tertiary/aromatic N) is 2. The Morgan fingerprint density at radius 1 is 1.42 bits per heavy atom. The smallest absolute Gasteiger partial charge is 0.251 e. The fourth-order valence-corrected chi connectivity index (χ4v) is 2.03. The first kappa shape index (κ1) is 7.77. The van der Waals surface area contributed by atoms with Gasteiger partial charge >= 0.3 is 0 Å². The minimum absolute atomic E-state index is 0.137. The molecule has 0 saturated heterocycles. The van der Waals surface area contributed by atoms with Gasteiger partial charge in [0, 0.05) is 7.05 Å². The van der Waals surface area contributed by atoms with E-state index in [1.807, 2.05) is 0 Å². The summed E-state index contributed by atoms with van der Waals surface area (Å²) in [5.41, 5.74) is 1.13. The van der Waals surface area contributed by atoms with Crippen molar-refractivity contribution >= 4 is 11.6 Å². The van der Waals surface area contributed by atoms with E-state index in [0.29, 0.717) is 0 Å². The highest BCUT2D eigenvalue weighted by Gasteiger charge is 2.33. The maximum absolute atomic E-state index is 11.5. The summed E-state index contributed by atoms with van der Waals surface area (Å²) in [6.45, 7) is 0. The Bertz CT molecular complexity index is 235. The van der Waals surface area contributed by atoms with E-state index in [9.17, 15) is 4.79 Å². The van der Waals surface area contributed by atoms with Crippen molar-refractivity contribution in [1.82, 2.24) is 5.01 Å². The number of fused-ring (bicyclic) bond motifs is 1. The molecule has 1 atom stereocenters. The molecule has 1 amide bonds. The number of carbonyl (C=O) groups is 1. The Labute approximate surface area is 72.4 Å². The summed E-state index contributed by atoms with van der Waals surface area (Å²) in [5.74, 6) is 0.337. The van der Waals surface area contributed by atoms with Crippen molar-refractivity contribution in [2.24, 2.45) is 11.0 Å². The second-order valence-corrected chi connectivity index (χ2v) is 3.61. The molecular formula is C9H14N2O. The molecule has 0 bridgehead atoms. The molecular weight excluding hydrogens is 152 g/mol. The lowest BCUT2D eigenvalue weighted by Crippen LogP contribution is -2.24. The van der Waals surface area contributed by atoms with Crippen LogP contribution in [0.2, 0.25) is 0 Å². The van der Waals surface area contributed by atoms with Crippen LogP contribution in [0.4, 0.5) is 0 Å². The molecule has 0 aromatic rings. The minimum Gasteiger partial charge on any atom is -0.272 e. The van der Waals surface area contributed by atoms with Crippen LogP contribution in [0.15, 0.2) is 5.10 Å². The lowest BCUT2D eigenvalue weighted by molar-refractivity contribution is -0.130. The van der Waals surface area contributed by atoms with Gasteiger partial charge in [-0.25, -0.2) is 5.01 Å². The average Bonchev–Trinajstić information content (AvgIpc) is 2.30. The van der Waals surface area contributed by atoms with E-state index < -0.39 is 0 Å². The van der Waals surface area contributed by atoms with Gasteiger partial charge in [-0.3, -0.25) is 4.79 Å². The molecule has 1 heterocycles. The molecule has 1 unspecified atom stereocenters. The highest BCUT2D eigenvalue weighted by molar-refractivity contribution is 6.07. The third kappa shape index (κ3) is 1.13. The third-order valence-corrected chi connectivity index (χ3v) is 2.72. The Morgan fingerprint density at radius 3 is 3.08 bits per heavy atom. The predicted octanol–water partition coefficient (Wildman–Crippen LogP) is 1.39. The van der Waals surface area contributed by atoms with Gasteiger partial charge in [-0.2, -0.15) is 5.10 Å². The van der Waals surface area contributed by atoms with Gasteiger partial charge in [-0.15, -0.1) is 0 Å². The van der Waals surface area contributed by atoms with Gasteiger partial charge in [0.25, 0.3) is 5.91 Å². The van der Waals surface area contributed by atoms with Crippen molar-refractivity contribution < 1.29 is 4.79 Å². The molecule has 1 fully saturated rings. The Hall–Kier alpha value is -0.860. The van der Waals surface area contributed by atoms with Gasteiger partial charge < -0.3 is 0 Å². The monoisotopic (exact) mass is 166 g/mol. The summed E-state index contributed by atoms with van der Waals surface area (Å²) in [7, 11) is 1.75. The second-order valence-electron chi connectivity index (χ2n) is 3.61. The van der Waals surface area contributed by atoms with E-state index in [0.717, 1.165) is 18.6 Å². The molecule has 0 aromatic heterocycles. The van der Waals surface area contributed by atoms with Crippen molar-refractivity contribution in [3.05, 3.63) is 0 Å². The molecule has 0 radical (unpaired) electrons. The first-order chi connectivity index (χ1) is 5.79. The Balaban J connectivity index is 2.20. The van der Waals surface area contributed by atoms with E-state index in [-0.39, 0.29) is 11.8 Å². The summed E-state index contributed by atoms with van der Waals surface area (Å²) in [6, 6.07) is 0. The Morgan fingerprint density at radius 2 is 2.25 bits per heavy atom. The SMILES string of the molecule is CN1N=C2CCCCCC2C1=O. The fraction of sp³-hybridized carbons (Fsp3) is 0.778. The zero-order valence-electron chi connectivity index (χ0n) is 7.42. The van der Waals surface area contributed by atoms with Gasteiger partial charge in [0.05, 0.1) is 11.6 Å². The second kappa shape index (κ2) is 2.88. The van der Waals surface area contributed by atoms with Crippen molar-refractivity contribution in [3.8, 4) is 0 Å². The lowest BCUT2D eigenvalue weighted by atomic mass is 9.99. The summed E-state index contributed by atoms with van der Waals surface area (Å²) >= 11 is 0.